The van der Waals surface area contributed by atoms with Gasteiger partial charge in [0.15, 0.2) is 4.34 Å². The molecule has 1 aromatic carbocycles. The summed E-state index contributed by atoms with van der Waals surface area (Å²) < 4.78 is 0.783. The Morgan fingerprint density at radius 3 is 2.70 bits per heavy atom. The van der Waals surface area contributed by atoms with E-state index in [0.29, 0.717) is 5.56 Å². The van der Waals surface area contributed by atoms with Crippen LogP contribution < -0.4 is 4.90 Å². The van der Waals surface area contributed by atoms with Gasteiger partial charge in [-0.1, -0.05) is 29.2 Å². The van der Waals surface area contributed by atoms with Crippen LogP contribution in [0.1, 0.15) is 24.2 Å². The van der Waals surface area contributed by atoms with E-state index in [1.165, 1.54) is 23.1 Å². The number of benzene rings is 1. The zero-order chi connectivity index (χ0) is 14.7. The van der Waals surface area contributed by atoms with Gasteiger partial charge in [-0.15, -0.1) is 10.2 Å². The standard InChI is InChI=1S/C13H14N4OS2/c1-8(18)10-5-4-9(7-14)6-11(10)19-13-16-15-12(20-13)17(2)3/h4-6,8,18H,1-3H3/t8-/m1/s1. The number of nitriles is 1. The number of hydrogen-bond acceptors (Lipinski definition) is 7. The third-order valence-electron chi connectivity index (χ3n) is 2.57. The molecule has 2 aromatic rings. The minimum absolute atomic E-state index is 0.564. The van der Waals surface area contributed by atoms with Crippen LogP contribution in [0, 0.1) is 11.3 Å². The van der Waals surface area contributed by atoms with Crippen LogP contribution >= 0.6 is 23.1 Å². The largest absolute Gasteiger partial charge is 0.389 e. The second kappa shape index (κ2) is 6.22. The number of nitrogens with zero attached hydrogens (tertiary/aromatic N) is 4. The Morgan fingerprint density at radius 1 is 1.40 bits per heavy atom. The average molecular weight is 306 g/mol. The fourth-order valence-electron chi connectivity index (χ4n) is 1.56. The van der Waals surface area contributed by atoms with E-state index in [1.54, 1.807) is 25.1 Å². The molecular formula is C13H14N4OS2. The van der Waals surface area contributed by atoms with Crippen LogP contribution in [0.25, 0.3) is 0 Å². The van der Waals surface area contributed by atoms with Crippen LogP contribution in [0.4, 0.5) is 5.13 Å². The Balaban J connectivity index is 2.33. The summed E-state index contributed by atoms with van der Waals surface area (Å²) >= 11 is 2.89. The molecule has 1 atom stereocenters. The molecule has 0 aliphatic rings. The monoisotopic (exact) mass is 306 g/mol. The smallest absolute Gasteiger partial charge is 0.208 e. The molecule has 104 valence electrons. The molecule has 0 saturated carbocycles. The van der Waals surface area contributed by atoms with Crippen LogP contribution in [0.2, 0.25) is 0 Å². The zero-order valence-electron chi connectivity index (χ0n) is 11.4. The van der Waals surface area contributed by atoms with Crippen molar-refractivity contribution in [1.29, 1.82) is 5.26 Å². The molecule has 0 radical (unpaired) electrons. The Kier molecular flexibility index (Phi) is 4.60. The highest BCUT2D eigenvalue weighted by molar-refractivity contribution is 8.01. The summed E-state index contributed by atoms with van der Waals surface area (Å²) in [5.74, 6) is 0. The molecule has 0 unspecified atom stereocenters. The minimum atomic E-state index is -0.591. The van der Waals surface area contributed by atoms with Gasteiger partial charge in [0.1, 0.15) is 0 Å². The average Bonchev–Trinajstić information content (AvgIpc) is 2.87. The molecule has 0 aliphatic heterocycles. The highest BCUT2D eigenvalue weighted by Gasteiger charge is 2.13. The molecule has 0 aliphatic carbocycles. The molecule has 1 N–H and O–H groups in total. The lowest BCUT2D eigenvalue weighted by Crippen LogP contribution is -2.07. The first-order valence-electron chi connectivity index (χ1n) is 5.92. The van der Waals surface area contributed by atoms with Gasteiger partial charge in [0, 0.05) is 19.0 Å². The minimum Gasteiger partial charge on any atom is -0.389 e. The summed E-state index contributed by atoms with van der Waals surface area (Å²) in [6.45, 7) is 1.71. The Labute approximate surface area is 125 Å². The quantitative estimate of drug-likeness (QED) is 0.936. The molecule has 20 heavy (non-hydrogen) atoms. The van der Waals surface area contributed by atoms with Crippen molar-refractivity contribution in [2.75, 3.05) is 19.0 Å². The Bertz CT molecular complexity index is 646. The van der Waals surface area contributed by atoms with E-state index in [2.05, 4.69) is 16.3 Å². The molecular weight excluding hydrogens is 292 g/mol. The number of rotatable bonds is 4. The fraction of sp³-hybridized carbons (Fsp3) is 0.308. The first kappa shape index (κ1) is 14.8. The fourth-order valence-corrected chi connectivity index (χ4v) is 3.53. The number of aromatic nitrogens is 2. The van der Waals surface area contributed by atoms with Crippen LogP contribution in [0.3, 0.4) is 0 Å². The number of anilines is 1. The summed E-state index contributed by atoms with van der Waals surface area (Å²) in [5.41, 5.74) is 1.35. The predicted octanol–water partition coefficient (Wildman–Crippen LogP) is 2.68. The van der Waals surface area contributed by atoms with Crippen molar-refractivity contribution in [1.82, 2.24) is 10.2 Å². The lowest BCUT2D eigenvalue weighted by molar-refractivity contribution is 0.196. The van der Waals surface area contributed by atoms with Crippen LogP contribution in [0.15, 0.2) is 27.4 Å². The molecule has 2 rings (SSSR count). The van der Waals surface area contributed by atoms with Crippen LogP contribution in [-0.2, 0) is 0 Å². The number of aliphatic hydroxyl groups is 1. The third-order valence-corrected chi connectivity index (χ3v) is 4.78. The molecule has 0 saturated heterocycles. The van der Waals surface area contributed by atoms with E-state index in [9.17, 15) is 5.11 Å². The van der Waals surface area contributed by atoms with Crippen molar-refractivity contribution in [2.24, 2.45) is 0 Å². The molecule has 0 amide bonds. The Hall–Kier alpha value is -1.62. The number of aliphatic hydroxyl groups excluding tert-OH is 1. The summed E-state index contributed by atoms with van der Waals surface area (Å²) in [7, 11) is 3.82. The van der Waals surface area contributed by atoms with E-state index in [0.717, 1.165) is 19.9 Å². The van der Waals surface area contributed by atoms with Crippen molar-refractivity contribution < 1.29 is 5.11 Å². The molecule has 7 heteroatoms. The van der Waals surface area contributed by atoms with E-state index in [-0.39, 0.29) is 0 Å². The van der Waals surface area contributed by atoms with Crippen LogP contribution in [-0.4, -0.2) is 29.4 Å². The summed E-state index contributed by atoms with van der Waals surface area (Å²) in [4.78, 5) is 2.73. The second-order valence-electron chi connectivity index (χ2n) is 4.39. The van der Waals surface area contributed by atoms with Gasteiger partial charge < -0.3 is 10.0 Å². The molecule has 0 fully saturated rings. The maximum atomic E-state index is 9.80. The molecule has 1 aromatic heterocycles. The maximum Gasteiger partial charge on any atom is 0.208 e. The van der Waals surface area contributed by atoms with E-state index in [4.69, 9.17) is 5.26 Å². The maximum absolute atomic E-state index is 9.80. The van der Waals surface area contributed by atoms with Crippen molar-refractivity contribution in [3.63, 3.8) is 0 Å². The molecule has 0 bridgehead atoms. The second-order valence-corrected chi connectivity index (χ2v) is 6.63. The van der Waals surface area contributed by atoms with E-state index < -0.39 is 6.10 Å². The predicted molar refractivity (Wildman–Crippen MR) is 80.1 cm³/mol. The highest BCUT2D eigenvalue weighted by atomic mass is 32.2. The molecule has 1 heterocycles. The highest BCUT2D eigenvalue weighted by Crippen LogP contribution is 2.36. The van der Waals surface area contributed by atoms with Gasteiger partial charge in [0.25, 0.3) is 0 Å². The van der Waals surface area contributed by atoms with E-state index >= 15 is 0 Å². The number of hydrogen-bond donors (Lipinski definition) is 1. The zero-order valence-corrected chi connectivity index (χ0v) is 13.0. The lowest BCUT2D eigenvalue weighted by atomic mass is 10.1. The first-order chi connectivity index (χ1) is 9.51. The van der Waals surface area contributed by atoms with Gasteiger partial charge in [0.2, 0.25) is 5.13 Å². The van der Waals surface area contributed by atoms with Gasteiger partial charge in [-0.3, -0.25) is 0 Å². The van der Waals surface area contributed by atoms with Crippen molar-refractivity contribution >= 4 is 28.2 Å². The van der Waals surface area contributed by atoms with Crippen molar-refractivity contribution in [3.8, 4) is 6.07 Å². The van der Waals surface area contributed by atoms with E-state index in [1.807, 2.05) is 19.0 Å². The summed E-state index contributed by atoms with van der Waals surface area (Å²) in [5, 5.41) is 27.8. The Morgan fingerprint density at radius 2 is 2.15 bits per heavy atom. The van der Waals surface area contributed by atoms with Gasteiger partial charge in [-0.2, -0.15) is 5.26 Å². The van der Waals surface area contributed by atoms with Gasteiger partial charge in [0.05, 0.1) is 17.7 Å². The summed E-state index contributed by atoms with van der Waals surface area (Å²) in [6, 6.07) is 7.36. The van der Waals surface area contributed by atoms with Crippen molar-refractivity contribution in [2.45, 2.75) is 22.3 Å². The first-order valence-corrected chi connectivity index (χ1v) is 7.55. The van der Waals surface area contributed by atoms with Gasteiger partial charge in [-0.05, 0) is 24.6 Å². The normalized spacial score (nSPS) is 11.9. The third kappa shape index (κ3) is 3.28. The van der Waals surface area contributed by atoms with Gasteiger partial charge in [-0.25, -0.2) is 0 Å². The molecule has 0 spiro atoms. The molecule has 5 nitrogen and oxygen atoms in total. The van der Waals surface area contributed by atoms with Crippen molar-refractivity contribution in [3.05, 3.63) is 29.3 Å². The van der Waals surface area contributed by atoms with Gasteiger partial charge >= 0.3 is 0 Å². The topological polar surface area (TPSA) is 73.0 Å². The summed E-state index contributed by atoms with van der Waals surface area (Å²) in [6.07, 6.45) is -0.591. The SMILES string of the molecule is C[C@@H](O)c1ccc(C#N)cc1Sc1nnc(N(C)C)s1. The van der Waals surface area contributed by atoms with Crippen LogP contribution in [0.5, 0.6) is 0 Å². The lowest BCUT2D eigenvalue weighted by Gasteiger charge is -2.10.